The molecule has 0 aliphatic carbocycles. The van der Waals surface area contributed by atoms with Crippen LogP contribution in [0.1, 0.15) is 36.4 Å². The molecule has 0 saturated carbocycles. The fourth-order valence-electron chi connectivity index (χ4n) is 2.16. The van der Waals surface area contributed by atoms with Gasteiger partial charge in [-0.1, -0.05) is 30.2 Å². The zero-order valence-electron chi connectivity index (χ0n) is 8.60. The van der Waals surface area contributed by atoms with E-state index in [0.29, 0.717) is 10.6 Å². The van der Waals surface area contributed by atoms with Crippen LogP contribution in [0, 0.1) is 0 Å². The van der Waals surface area contributed by atoms with Gasteiger partial charge < -0.3 is 5.32 Å². The molecule has 15 heavy (non-hydrogen) atoms. The van der Waals surface area contributed by atoms with Crippen molar-refractivity contribution in [3.05, 3.63) is 34.3 Å². The molecule has 1 fully saturated rings. The molecule has 1 aromatic rings. The summed E-state index contributed by atoms with van der Waals surface area (Å²) >= 11 is 5.98. The van der Waals surface area contributed by atoms with Gasteiger partial charge in [-0.3, -0.25) is 0 Å². The van der Waals surface area contributed by atoms with Gasteiger partial charge in [0.15, 0.2) is 0 Å². The lowest BCUT2D eigenvalue weighted by molar-refractivity contribution is 0.403. The van der Waals surface area contributed by atoms with Crippen LogP contribution in [0.15, 0.2) is 18.2 Å². The zero-order chi connectivity index (χ0) is 10.7. The van der Waals surface area contributed by atoms with Crippen LogP contribution < -0.4 is 5.32 Å². The van der Waals surface area contributed by atoms with Gasteiger partial charge in [0.2, 0.25) is 0 Å². The van der Waals surface area contributed by atoms with Crippen LogP contribution in [-0.2, 0) is 6.67 Å². The molecule has 0 aromatic heterocycles. The third-order valence-corrected chi connectivity index (χ3v) is 3.33. The van der Waals surface area contributed by atoms with Crippen LogP contribution in [0.2, 0.25) is 5.02 Å². The third kappa shape index (κ3) is 2.32. The van der Waals surface area contributed by atoms with Crippen molar-refractivity contribution >= 4 is 11.6 Å². The molecule has 0 amide bonds. The predicted octanol–water partition coefficient (Wildman–Crippen LogP) is 3.62. The Morgan fingerprint density at radius 3 is 2.93 bits per heavy atom. The van der Waals surface area contributed by atoms with Crippen molar-refractivity contribution in [1.29, 1.82) is 0 Å². The van der Waals surface area contributed by atoms with Crippen LogP contribution in [0.25, 0.3) is 0 Å². The van der Waals surface area contributed by atoms with E-state index in [0.717, 1.165) is 18.5 Å². The van der Waals surface area contributed by atoms with E-state index >= 15 is 0 Å². The first-order chi connectivity index (χ1) is 7.33. The Bertz CT molecular complexity index is 334. The molecule has 1 atom stereocenters. The van der Waals surface area contributed by atoms with Gasteiger partial charge in [-0.05, 0) is 31.0 Å². The quantitative estimate of drug-likeness (QED) is 0.814. The van der Waals surface area contributed by atoms with Gasteiger partial charge >= 0.3 is 0 Å². The maximum absolute atomic E-state index is 12.9. The van der Waals surface area contributed by atoms with E-state index < -0.39 is 6.67 Å². The van der Waals surface area contributed by atoms with Crippen molar-refractivity contribution in [2.75, 3.05) is 6.54 Å². The Morgan fingerprint density at radius 1 is 1.40 bits per heavy atom. The molecule has 3 heteroatoms. The first-order valence-corrected chi connectivity index (χ1v) is 5.77. The van der Waals surface area contributed by atoms with E-state index in [1.165, 1.54) is 12.8 Å². The molecule has 0 bridgehead atoms. The van der Waals surface area contributed by atoms with Gasteiger partial charge in [0.05, 0.1) is 0 Å². The highest BCUT2D eigenvalue weighted by Gasteiger charge is 2.18. The second kappa shape index (κ2) is 4.95. The molecular formula is C12H15ClFN. The second-order valence-corrected chi connectivity index (χ2v) is 4.35. The molecule has 1 unspecified atom stereocenters. The SMILES string of the molecule is FCc1c(Cl)cccc1C1CCCCN1. The number of hydrogen-bond donors (Lipinski definition) is 1. The lowest BCUT2D eigenvalue weighted by Crippen LogP contribution is -2.27. The lowest BCUT2D eigenvalue weighted by Gasteiger charge is -2.25. The summed E-state index contributed by atoms with van der Waals surface area (Å²) in [5.74, 6) is 0. The second-order valence-electron chi connectivity index (χ2n) is 3.94. The normalized spacial score (nSPS) is 21.6. The van der Waals surface area contributed by atoms with E-state index in [4.69, 9.17) is 11.6 Å². The maximum atomic E-state index is 12.9. The molecule has 2 rings (SSSR count). The Labute approximate surface area is 94.6 Å². The predicted molar refractivity (Wildman–Crippen MR) is 60.9 cm³/mol. The number of halogens is 2. The fourth-order valence-corrected chi connectivity index (χ4v) is 2.39. The number of rotatable bonds is 2. The molecule has 1 heterocycles. The minimum atomic E-state index is -0.479. The molecule has 1 aliphatic heterocycles. The largest absolute Gasteiger partial charge is 0.310 e. The summed E-state index contributed by atoms with van der Waals surface area (Å²) in [4.78, 5) is 0. The van der Waals surface area contributed by atoms with Crippen molar-refractivity contribution in [2.24, 2.45) is 0 Å². The highest BCUT2D eigenvalue weighted by atomic mass is 35.5. The molecule has 1 N–H and O–H groups in total. The number of alkyl halides is 1. The standard InChI is InChI=1S/C12H15ClFN/c13-11-5-3-4-9(10(11)8-14)12-6-1-2-7-15-12/h3-5,12,15H,1-2,6-8H2. The maximum Gasteiger partial charge on any atom is 0.116 e. The molecular weight excluding hydrogens is 213 g/mol. The summed E-state index contributed by atoms with van der Waals surface area (Å²) in [5, 5.41) is 3.96. The number of piperidine rings is 1. The first kappa shape index (κ1) is 10.9. The summed E-state index contributed by atoms with van der Waals surface area (Å²) < 4.78 is 12.9. The Balaban J connectivity index is 2.29. The molecule has 1 aliphatic rings. The molecule has 1 saturated heterocycles. The van der Waals surface area contributed by atoms with Gasteiger partial charge in [-0.25, -0.2) is 4.39 Å². The van der Waals surface area contributed by atoms with Gasteiger partial charge in [0.1, 0.15) is 6.67 Å². The zero-order valence-corrected chi connectivity index (χ0v) is 9.36. The molecule has 1 nitrogen and oxygen atoms in total. The number of nitrogens with one attached hydrogen (secondary N) is 1. The van der Waals surface area contributed by atoms with E-state index in [-0.39, 0.29) is 6.04 Å². The van der Waals surface area contributed by atoms with Crippen molar-refractivity contribution in [1.82, 2.24) is 5.32 Å². The fraction of sp³-hybridized carbons (Fsp3) is 0.500. The van der Waals surface area contributed by atoms with Crippen molar-refractivity contribution in [2.45, 2.75) is 32.0 Å². The van der Waals surface area contributed by atoms with Crippen molar-refractivity contribution in [3.63, 3.8) is 0 Å². The van der Waals surface area contributed by atoms with E-state index in [9.17, 15) is 4.39 Å². The summed E-state index contributed by atoms with van der Waals surface area (Å²) in [7, 11) is 0. The molecule has 0 radical (unpaired) electrons. The van der Waals surface area contributed by atoms with Gasteiger partial charge in [-0.2, -0.15) is 0 Å². The van der Waals surface area contributed by atoms with Crippen LogP contribution in [-0.4, -0.2) is 6.54 Å². The van der Waals surface area contributed by atoms with Gasteiger partial charge in [0.25, 0.3) is 0 Å². The Kier molecular flexibility index (Phi) is 3.60. The smallest absolute Gasteiger partial charge is 0.116 e. The summed E-state index contributed by atoms with van der Waals surface area (Å²) in [6, 6.07) is 5.91. The van der Waals surface area contributed by atoms with Crippen LogP contribution in [0.5, 0.6) is 0 Å². The molecule has 1 aromatic carbocycles. The highest BCUT2D eigenvalue weighted by molar-refractivity contribution is 6.31. The number of hydrogen-bond acceptors (Lipinski definition) is 1. The average molecular weight is 228 g/mol. The third-order valence-electron chi connectivity index (χ3n) is 2.97. The highest BCUT2D eigenvalue weighted by Crippen LogP contribution is 2.30. The summed E-state index contributed by atoms with van der Waals surface area (Å²) in [6.45, 7) is 0.538. The van der Waals surface area contributed by atoms with E-state index in [2.05, 4.69) is 5.32 Å². The number of benzene rings is 1. The Hall–Kier alpha value is -0.600. The topological polar surface area (TPSA) is 12.0 Å². The molecule has 82 valence electrons. The van der Waals surface area contributed by atoms with Crippen LogP contribution in [0.4, 0.5) is 4.39 Å². The minimum Gasteiger partial charge on any atom is -0.310 e. The summed E-state index contributed by atoms with van der Waals surface area (Å²) in [5.41, 5.74) is 1.68. The van der Waals surface area contributed by atoms with Crippen LogP contribution >= 0.6 is 11.6 Å². The monoisotopic (exact) mass is 227 g/mol. The van der Waals surface area contributed by atoms with Gasteiger partial charge in [0, 0.05) is 16.6 Å². The molecule has 0 spiro atoms. The average Bonchev–Trinajstić information content (AvgIpc) is 2.30. The van der Waals surface area contributed by atoms with E-state index in [1.54, 1.807) is 6.07 Å². The van der Waals surface area contributed by atoms with E-state index in [1.807, 2.05) is 12.1 Å². The van der Waals surface area contributed by atoms with Gasteiger partial charge in [-0.15, -0.1) is 0 Å². The Morgan fingerprint density at radius 2 is 2.27 bits per heavy atom. The lowest BCUT2D eigenvalue weighted by atomic mass is 9.94. The first-order valence-electron chi connectivity index (χ1n) is 5.39. The van der Waals surface area contributed by atoms with Crippen molar-refractivity contribution in [3.8, 4) is 0 Å². The summed E-state index contributed by atoms with van der Waals surface area (Å²) in [6.07, 6.45) is 3.49. The minimum absolute atomic E-state index is 0.281. The van der Waals surface area contributed by atoms with Crippen LogP contribution in [0.3, 0.4) is 0 Å². The van der Waals surface area contributed by atoms with Crippen molar-refractivity contribution < 1.29 is 4.39 Å².